The van der Waals surface area contributed by atoms with Crippen molar-refractivity contribution in [3.05, 3.63) is 121 Å². The van der Waals surface area contributed by atoms with Gasteiger partial charge in [-0.1, -0.05) is 160 Å². The van der Waals surface area contributed by atoms with Crippen molar-refractivity contribution in [1.29, 1.82) is 0 Å². The molecule has 0 aromatic heterocycles. The lowest BCUT2D eigenvalue weighted by molar-refractivity contribution is 0.510. The van der Waals surface area contributed by atoms with E-state index in [0.717, 1.165) is 34.1 Å². The van der Waals surface area contributed by atoms with E-state index >= 15 is 0 Å². The highest BCUT2D eigenvalue weighted by Gasteiger charge is 2.36. The topological polar surface area (TPSA) is 0 Å². The SMILES string of the molecule is c1ccc(P(CC(C(CPC2CCCCC2)PC2CCCCC2)P(c2ccccc2)c2ccccc2)c2ccccc2)cc1. The first-order valence-corrected chi connectivity index (χ1v) is 22.5. The molecular formula is C40H50P4. The first kappa shape index (κ1) is 32.5. The van der Waals surface area contributed by atoms with Crippen LogP contribution in [0.3, 0.4) is 0 Å². The van der Waals surface area contributed by atoms with Gasteiger partial charge in [0.2, 0.25) is 0 Å². The Morgan fingerprint density at radius 3 is 1.36 bits per heavy atom. The molecule has 0 heterocycles. The smallest absolute Gasteiger partial charge is 0.00148 e. The summed E-state index contributed by atoms with van der Waals surface area (Å²) in [6.07, 6.45) is 17.4. The van der Waals surface area contributed by atoms with E-state index in [0.29, 0.717) is 5.66 Å². The summed E-state index contributed by atoms with van der Waals surface area (Å²) in [5.41, 5.74) is 3.41. The third-order valence-electron chi connectivity index (χ3n) is 9.66. The van der Waals surface area contributed by atoms with E-state index in [1.165, 1.54) is 76.5 Å². The van der Waals surface area contributed by atoms with Crippen molar-refractivity contribution in [3.63, 3.8) is 0 Å². The maximum Gasteiger partial charge on any atom is -0.00148 e. The van der Waals surface area contributed by atoms with Crippen LogP contribution in [0.15, 0.2) is 121 Å². The molecule has 2 aliphatic carbocycles. The van der Waals surface area contributed by atoms with Crippen molar-refractivity contribution in [2.45, 2.75) is 86.8 Å². The van der Waals surface area contributed by atoms with Crippen LogP contribution in [-0.4, -0.2) is 35.0 Å². The Hall–Kier alpha value is -1.40. The average molecular weight is 655 g/mol. The Kier molecular flexibility index (Phi) is 12.9. The molecule has 44 heavy (non-hydrogen) atoms. The van der Waals surface area contributed by atoms with Crippen molar-refractivity contribution < 1.29 is 0 Å². The quantitative estimate of drug-likeness (QED) is 0.126. The summed E-state index contributed by atoms with van der Waals surface area (Å²) in [5, 5.41) is 6.25. The number of rotatable bonds is 13. The summed E-state index contributed by atoms with van der Waals surface area (Å²) in [6, 6.07) is 46.6. The van der Waals surface area contributed by atoms with E-state index in [1.807, 2.05) is 0 Å². The van der Waals surface area contributed by atoms with Gasteiger partial charge < -0.3 is 0 Å². The maximum atomic E-state index is 2.46. The van der Waals surface area contributed by atoms with Crippen LogP contribution < -0.4 is 21.2 Å². The third kappa shape index (κ3) is 9.11. The molecule has 4 aromatic rings. The molecule has 0 N–H and O–H groups in total. The molecule has 4 atom stereocenters. The lowest BCUT2D eigenvalue weighted by Gasteiger charge is -2.40. The van der Waals surface area contributed by atoms with Gasteiger partial charge in [-0.15, -0.1) is 17.2 Å². The summed E-state index contributed by atoms with van der Waals surface area (Å²) in [4.78, 5) is 0. The first-order chi connectivity index (χ1) is 21.8. The fraction of sp³-hybridized carbons (Fsp3) is 0.400. The predicted molar refractivity (Wildman–Crippen MR) is 206 cm³/mol. The molecule has 0 spiro atoms. The van der Waals surface area contributed by atoms with Gasteiger partial charge in [0.15, 0.2) is 0 Å². The molecule has 2 fully saturated rings. The Morgan fingerprint density at radius 1 is 0.500 bits per heavy atom. The van der Waals surface area contributed by atoms with Crippen molar-refractivity contribution >= 4 is 54.2 Å². The highest BCUT2D eigenvalue weighted by molar-refractivity contribution is 7.77. The van der Waals surface area contributed by atoms with Crippen LogP contribution in [0.2, 0.25) is 0 Å². The summed E-state index contributed by atoms with van der Waals surface area (Å²) < 4.78 is 0. The summed E-state index contributed by atoms with van der Waals surface area (Å²) >= 11 is 0. The number of hydrogen-bond donors (Lipinski definition) is 0. The van der Waals surface area contributed by atoms with Gasteiger partial charge in [-0.3, -0.25) is 0 Å². The first-order valence-electron chi connectivity index (χ1n) is 17.1. The predicted octanol–water partition coefficient (Wildman–Crippen LogP) is 10.0. The van der Waals surface area contributed by atoms with Gasteiger partial charge in [0.1, 0.15) is 0 Å². The molecule has 6 rings (SSSR count). The second-order valence-corrected chi connectivity index (χ2v) is 21.0. The zero-order valence-electron chi connectivity index (χ0n) is 26.2. The lowest BCUT2D eigenvalue weighted by Crippen LogP contribution is -2.36. The van der Waals surface area contributed by atoms with Crippen LogP contribution in [0.25, 0.3) is 0 Å². The molecule has 4 unspecified atom stereocenters. The molecule has 2 aliphatic rings. The van der Waals surface area contributed by atoms with E-state index in [9.17, 15) is 0 Å². The minimum absolute atomic E-state index is 0.461. The average Bonchev–Trinajstić information content (AvgIpc) is 3.11. The number of hydrogen-bond acceptors (Lipinski definition) is 0. The lowest BCUT2D eigenvalue weighted by atomic mass is 10.0. The van der Waals surface area contributed by atoms with Gasteiger partial charge in [0.25, 0.3) is 0 Å². The third-order valence-corrected chi connectivity index (χ3v) is 20.1. The molecule has 2 saturated carbocycles. The van der Waals surface area contributed by atoms with Crippen LogP contribution in [-0.2, 0) is 0 Å². The Balaban J connectivity index is 1.44. The highest BCUT2D eigenvalue weighted by Crippen LogP contribution is 2.54. The minimum atomic E-state index is -0.495. The zero-order valence-corrected chi connectivity index (χ0v) is 30.0. The molecule has 0 radical (unpaired) electrons. The van der Waals surface area contributed by atoms with Gasteiger partial charge in [0.05, 0.1) is 0 Å². The minimum Gasteiger partial charge on any atom is -0.118 e. The van der Waals surface area contributed by atoms with Crippen LogP contribution in [0.4, 0.5) is 0 Å². The van der Waals surface area contributed by atoms with Crippen LogP contribution in [0, 0.1) is 0 Å². The zero-order chi connectivity index (χ0) is 29.8. The van der Waals surface area contributed by atoms with Gasteiger partial charge in [-0.05, 0) is 97.7 Å². The molecular weight excluding hydrogens is 604 g/mol. The summed E-state index contributed by atoms with van der Waals surface area (Å²) in [5.74, 6) is 0. The monoisotopic (exact) mass is 654 g/mol. The molecule has 0 amide bonds. The van der Waals surface area contributed by atoms with Gasteiger partial charge in [-0.25, -0.2) is 0 Å². The van der Waals surface area contributed by atoms with Gasteiger partial charge >= 0.3 is 0 Å². The number of benzene rings is 4. The van der Waals surface area contributed by atoms with E-state index in [-0.39, 0.29) is 0 Å². The van der Waals surface area contributed by atoms with E-state index in [2.05, 4.69) is 121 Å². The standard InChI is InChI=1S/C40H50P4/c1-7-19-33(20-8-1)41-31-39(42-34-21-9-2-10-22-34)40(44(37-27-15-5-16-28-37)38-29-17-6-18-30-38)32-43(35-23-11-3-12-24-35)36-25-13-4-14-26-36/h3-6,11-18,23-30,33-34,39-42H,1-2,7-10,19-22,31-32H2. The normalized spacial score (nSPS) is 18.5. The molecule has 4 heteroatoms. The van der Waals surface area contributed by atoms with Crippen LogP contribution in [0.5, 0.6) is 0 Å². The molecule has 0 bridgehead atoms. The molecule has 0 aliphatic heterocycles. The Labute approximate surface area is 273 Å². The maximum absolute atomic E-state index is 2.46. The van der Waals surface area contributed by atoms with Crippen LogP contribution in [0.1, 0.15) is 64.2 Å². The fourth-order valence-corrected chi connectivity index (χ4v) is 18.7. The van der Waals surface area contributed by atoms with E-state index in [4.69, 9.17) is 0 Å². The summed E-state index contributed by atoms with van der Waals surface area (Å²) in [7, 11) is 1.29. The van der Waals surface area contributed by atoms with E-state index < -0.39 is 15.8 Å². The summed E-state index contributed by atoms with van der Waals surface area (Å²) in [6.45, 7) is 0. The molecule has 0 nitrogen and oxygen atoms in total. The highest BCUT2D eigenvalue weighted by atomic mass is 31.1. The van der Waals surface area contributed by atoms with Crippen molar-refractivity contribution in [2.24, 2.45) is 0 Å². The molecule has 230 valence electrons. The van der Waals surface area contributed by atoms with Crippen molar-refractivity contribution in [2.75, 3.05) is 12.3 Å². The second kappa shape index (κ2) is 17.5. The van der Waals surface area contributed by atoms with Gasteiger partial charge in [-0.2, -0.15) is 0 Å². The molecule has 4 aromatic carbocycles. The Morgan fingerprint density at radius 2 is 0.909 bits per heavy atom. The molecule has 0 saturated heterocycles. The van der Waals surface area contributed by atoms with Crippen LogP contribution >= 0.6 is 33.0 Å². The Bertz CT molecular complexity index is 1260. The fourth-order valence-electron chi connectivity index (χ4n) is 7.34. The van der Waals surface area contributed by atoms with Gasteiger partial charge in [0, 0.05) is 0 Å². The largest absolute Gasteiger partial charge is 0.118 e. The van der Waals surface area contributed by atoms with Crippen molar-refractivity contribution in [3.8, 4) is 0 Å². The second-order valence-electron chi connectivity index (χ2n) is 12.7. The van der Waals surface area contributed by atoms with E-state index in [1.54, 1.807) is 21.2 Å². The van der Waals surface area contributed by atoms with Crippen molar-refractivity contribution in [1.82, 2.24) is 0 Å².